The van der Waals surface area contributed by atoms with Crippen LogP contribution >= 0.6 is 0 Å². The van der Waals surface area contributed by atoms with Gasteiger partial charge >= 0.3 is 0 Å². The second kappa shape index (κ2) is 6.04. The SMILES string of the molecule is CC1CCCC(N2CCN(c3ccc(N)cc3)CC2)C1. The van der Waals surface area contributed by atoms with Gasteiger partial charge in [-0.3, -0.25) is 4.90 Å². The first kappa shape index (κ1) is 13.7. The van der Waals surface area contributed by atoms with Gasteiger partial charge in [-0.05, 0) is 43.0 Å². The Balaban J connectivity index is 1.55. The zero-order valence-corrected chi connectivity index (χ0v) is 12.6. The van der Waals surface area contributed by atoms with Crippen LogP contribution in [-0.4, -0.2) is 37.1 Å². The van der Waals surface area contributed by atoms with Crippen molar-refractivity contribution in [1.29, 1.82) is 0 Å². The molecule has 2 N–H and O–H groups in total. The Bertz CT molecular complexity index is 420. The molecule has 2 fully saturated rings. The molecule has 0 aromatic heterocycles. The highest BCUT2D eigenvalue weighted by molar-refractivity contribution is 5.53. The summed E-state index contributed by atoms with van der Waals surface area (Å²) in [6, 6.07) is 9.14. The van der Waals surface area contributed by atoms with Crippen molar-refractivity contribution in [2.45, 2.75) is 38.6 Å². The van der Waals surface area contributed by atoms with Crippen LogP contribution in [0.1, 0.15) is 32.6 Å². The fourth-order valence-electron chi connectivity index (χ4n) is 3.76. The highest BCUT2D eigenvalue weighted by Crippen LogP contribution is 2.28. The van der Waals surface area contributed by atoms with E-state index in [-0.39, 0.29) is 0 Å². The summed E-state index contributed by atoms with van der Waals surface area (Å²) in [5.74, 6) is 0.920. The minimum absolute atomic E-state index is 0.840. The van der Waals surface area contributed by atoms with E-state index >= 15 is 0 Å². The van der Waals surface area contributed by atoms with Gasteiger partial charge in [-0.1, -0.05) is 19.8 Å². The standard InChI is InChI=1S/C17H27N3/c1-14-3-2-4-17(13-14)20-11-9-19(10-12-20)16-7-5-15(18)6-8-16/h5-8,14,17H,2-4,9-13,18H2,1H3. The van der Waals surface area contributed by atoms with E-state index in [2.05, 4.69) is 28.9 Å². The Hall–Kier alpha value is -1.22. The molecule has 0 bridgehead atoms. The lowest BCUT2D eigenvalue weighted by Crippen LogP contribution is -2.51. The molecule has 1 aromatic carbocycles. The predicted molar refractivity (Wildman–Crippen MR) is 86.1 cm³/mol. The fraction of sp³-hybridized carbons (Fsp3) is 0.647. The molecule has 0 radical (unpaired) electrons. The van der Waals surface area contributed by atoms with Crippen LogP contribution in [0, 0.1) is 5.92 Å². The maximum Gasteiger partial charge on any atom is 0.0368 e. The molecule has 110 valence electrons. The van der Waals surface area contributed by atoms with Gasteiger partial charge in [0.2, 0.25) is 0 Å². The number of anilines is 2. The number of piperazine rings is 1. The average molecular weight is 273 g/mol. The monoisotopic (exact) mass is 273 g/mol. The molecule has 1 aromatic rings. The van der Waals surface area contributed by atoms with Crippen molar-refractivity contribution >= 4 is 11.4 Å². The summed E-state index contributed by atoms with van der Waals surface area (Å²) >= 11 is 0. The van der Waals surface area contributed by atoms with Crippen molar-refractivity contribution in [3.63, 3.8) is 0 Å². The van der Waals surface area contributed by atoms with Crippen molar-refractivity contribution in [3.8, 4) is 0 Å². The molecule has 1 aliphatic heterocycles. The summed E-state index contributed by atoms with van der Waals surface area (Å²) in [6.45, 7) is 7.13. The van der Waals surface area contributed by atoms with Crippen LogP contribution < -0.4 is 10.6 Å². The van der Waals surface area contributed by atoms with E-state index in [4.69, 9.17) is 5.73 Å². The van der Waals surface area contributed by atoms with Gasteiger partial charge in [-0.15, -0.1) is 0 Å². The molecule has 3 rings (SSSR count). The number of nitrogens with zero attached hydrogens (tertiary/aromatic N) is 2. The lowest BCUT2D eigenvalue weighted by Gasteiger charge is -2.42. The normalized spacial score (nSPS) is 28.6. The first-order valence-corrected chi connectivity index (χ1v) is 8.07. The number of benzene rings is 1. The van der Waals surface area contributed by atoms with Gasteiger partial charge in [0.1, 0.15) is 0 Å². The quantitative estimate of drug-likeness (QED) is 0.841. The molecule has 20 heavy (non-hydrogen) atoms. The van der Waals surface area contributed by atoms with E-state index in [0.717, 1.165) is 30.7 Å². The molecule has 2 aliphatic rings. The average Bonchev–Trinajstić information content (AvgIpc) is 2.48. The van der Waals surface area contributed by atoms with Gasteiger partial charge in [-0.25, -0.2) is 0 Å². The third-order valence-electron chi connectivity index (χ3n) is 5.00. The minimum Gasteiger partial charge on any atom is -0.399 e. The lowest BCUT2D eigenvalue weighted by molar-refractivity contribution is 0.127. The number of nitrogens with two attached hydrogens (primary N) is 1. The summed E-state index contributed by atoms with van der Waals surface area (Å²) < 4.78 is 0. The summed E-state index contributed by atoms with van der Waals surface area (Å²) in [4.78, 5) is 5.21. The summed E-state index contributed by atoms with van der Waals surface area (Å²) in [5, 5.41) is 0. The van der Waals surface area contributed by atoms with Crippen LogP contribution in [-0.2, 0) is 0 Å². The molecule has 1 saturated heterocycles. The second-order valence-corrected chi connectivity index (χ2v) is 6.54. The second-order valence-electron chi connectivity index (χ2n) is 6.54. The zero-order valence-electron chi connectivity index (χ0n) is 12.6. The van der Waals surface area contributed by atoms with Crippen molar-refractivity contribution < 1.29 is 0 Å². The Morgan fingerprint density at radius 2 is 1.70 bits per heavy atom. The molecular weight excluding hydrogens is 246 g/mol. The third-order valence-corrected chi connectivity index (χ3v) is 5.00. The molecule has 0 spiro atoms. The van der Waals surface area contributed by atoms with Crippen LogP contribution in [0.5, 0.6) is 0 Å². The first-order chi connectivity index (χ1) is 9.72. The van der Waals surface area contributed by atoms with E-state index in [1.54, 1.807) is 0 Å². The molecule has 1 heterocycles. The van der Waals surface area contributed by atoms with Gasteiger partial charge in [0.05, 0.1) is 0 Å². The maximum atomic E-state index is 5.76. The zero-order chi connectivity index (χ0) is 13.9. The largest absolute Gasteiger partial charge is 0.399 e. The topological polar surface area (TPSA) is 32.5 Å². The van der Waals surface area contributed by atoms with Gasteiger partial charge in [-0.2, -0.15) is 0 Å². The van der Waals surface area contributed by atoms with Gasteiger partial charge in [0, 0.05) is 43.6 Å². The van der Waals surface area contributed by atoms with E-state index in [1.807, 2.05) is 12.1 Å². The van der Waals surface area contributed by atoms with Gasteiger partial charge in [0.25, 0.3) is 0 Å². The Labute approximate surface area is 122 Å². The van der Waals surface area contributed by atoms with Crippen LogP contribution in [0.4, 0.5) is 11.4 Å². The number of hydrogen-bond donors (Lipinski definition) is 1. The highest BCUT2D eigenvalue weighted by atomic mass is 15.3. The predicted octanol–water partition coefficient (Wildman–Crippen LogP) is 2.97. The molecule has 2 unspecified atom stereocenters. The van der Waals surface area contributed by atoms with Crippen LogP contribution in [0.15, 0.2) is 24.3 Å². The number of nitrogen functional groups attached to an aromatic ring is 1. The van der Waals surface area contributed by atoms with Gasteiger partial charge < -0.3 is 10.6 Å². The van der Waals surface area contributed by atoms with Crippen molar-refractivity contribution in [1.82, 2.24) is 4.90 Å². The molecule has 0 amide bonds. The minimum atomic E-state index is 0.840. The van der Waals surface area contributed by atoms with E-state index in [9.17, 15) is 0 Å². The fourth-order valence-corrected chi connectivity index (χ4v) is 3.76. The summed E-state index contributed by atoms with van der Waals surface area (Å²) in [6.07, 6.45) is 5.67. The maximum absolute atomic E-state index is 5.76. The molecule has 1 saturated carbocycles. The molecule has 1 aliphatic carbocycles. The summed E-state index contributed by atoms with van der Waals surface area (Å²) in [7, 11) is 0. The smallest absolute Gasteiger partial charge is 0.0368 e. The molecule has 2 atom stereocenters. The Kier molecular flexibility index (Phi) is 4.16. The Morgan fingerprint density at radius 1 is 1.00 bits per heavy atom. The summed E-state index contributed by atoms with van der Waals surface area (Å²) in [5.41, 5.74) is 7.93. The molecular formula is C17H27N3. The third kappa shape index (κ3) is 3.09. The lowest BCUT2D eigenvalue weighted by atomic mass is 9.86. The first-order valence-electron chi connectivity index (χ1n) is 8.07. The highest BCUT2D eigenvalue weighted by Gasteiger charge is 2.27. The van der Waals surface area contributed by atoms with Crippen molar-refractivity contribution in [2.24, 2.45) is 5.92 Å². The number of rotatable bonds is 2. The molecule has 3 heteroatoms. The van der Waals surface area contributed by atoms with E-state index in [0.29, 0.717) is 0 Å². The number of hydrogen-bond acceptors (Lipinski definition) is 3. The van der Waals surface area contributed by atoms with E-state index in [1.165, 1.54) is 44.5 Å². The van der Waals surface area contributed by atoms with E-state index < -0.39 is 0 Å². The Morgan fingerprint density at radius 3 is 2.35 bits per heavy atom. The van der Waals surface area contributed by atoms with Crippen LogP contribution in [0.3, 0.4) is 0 Å². The van der Waals surface area contributed by atoms with Crippen LogP contribution in [0.25, 0.3) is 0 Å². The van der Waals surface area contributed by atoms with Crippen LogP contribution in [0.2, 0.25) is 0 Å². The van der Waals surface area contributed by atoms with Crippen molar-refractivity contribution in [3.05, 3.63) is 24.3 Å². The van der Waals surface area contributed by atoms with Crippen molar-refractivity contribution in [2.75, 3.05) is 36.8 Å². The molecule has 3 nitrogen and oxygen atoms in total. The van der Waals surface area contributed by atoms with Gasteiger partial charge in [0.15, 0.2) is 0 Å².